The molecule has 0 rings (SSSR count). The fraction of sp³-hybridized carbons (Fsp3) is 0.429. The molecule has 0 aromatic carbocycles. The van der Waals surface area contributed by atoms with Gasteiger partial charge in [-0.25, -0.2) is 4.79 Å². The van der Waals surface area contributed by atoms with E-state index >= 15 is 0 Å². The second-order valence-electron chi connectivity index (χ2n) is 2.54. The van der Waals surface area contributed by atoms with Gasteiger partial charge in [0.1, 0.15) is 0 Å². The molecule has 7 N–H and O–H groups in total. The molecule has 0 atom stereocenters. The number of carbonyl (C=O) groups is 2. The maximum Gasteiger partial charge on any atom is 0.321 e. The summed E-state index contributed by atoms with van der Waals surface area (Å²) >= 11 is 0.817. The highest BCUT2D eigenvalue weighted by molar-refractivity contribution is 8.14. The summed E-state index contributed by atoms with van der Waals surface area (Å²) in [6.45, 7) is 2.16. The summed E-state index contributed by atoms with van der Waals surface area (Å²) in [7, 11) is 0. The van der Waals surface area contributed by atoms with E-state index in [2.05, 4.69) is 15.6 Å². The van der Waals surface area contributed by atoms with Crippen molar-refractivity contribution < 1.29 is 9.59 Å². The zero-order valence-corrected chi connectivity index (χ0v) is 9.56. The van der Waals surface area contributed by atoms with Gasteiger partial charge < -0.3 is 16.8 Å². The highest BCUT2D eigenvalue weighted by atomic mass is 32.2. The Labute approximate surface area is 96.7 Å². The first-order valence-corrected chi connectivity index (χ1v) is 5.33. The van der Waals surface area contributed by atoms with Crippen LogP contribution in [-0.2, 0) is 4.79 Å². The summed E-state index contributed by atoms with van der Waals surface area (Å²) in [5.74, 6) is -0.875. The highest BCUT2D eigenvalue weighted by Gasteiger charge is 2.07. The summed E-state index contributed by atoms with van der Waals surface area (Å²) in [4.78, 5) is 25.4. The van der Waals surface area contributed by atoms with Gasteiger partial charge in [-0.2, -0.15) is 4.99 Å². The predicted octanol–water partition coefficient (Wildman–Crippen LogP) is -1.23. The number of thioether (sulfide) groups is 1. The normalized spacial score (nSPS) is 9.06. The maximum atomic E-state index is 11.1. The van der Waals surface area contributed by atoms with E-state index in [1.54, 1.807) is 6.92 Å². The van der Waals surface area contributed by atoms with Gasteiger partial charge in [-0.15, -0.1) is 0 Å². The molecule has 0 saturated heterocycles. The molecule has 0 aromatic heterocycles. The third-order valence-electron chi connectivity index (χ3n) is 1.16. The van der Waals surface area contributed by atoms with Gasteiger partial charge in [-0.05, 0) is 6.92 Å². The lowest BCUT2D eigenvalue weighted by atomic mass is 10.6. The van der Waals surface area contributed by atoms with Gasteiger partial charge in [0.15, 0.2) is 11.1 Å². The average Bonchev–Trinajstić information content (AvgIpc) is 2.14. The number of nitrogens with zero attached hydrogens (tertiary/aromatic N) is 1. The van der Waals surface area contributed by atoms with Crippen molar-refractivity contribution in [2.45, 2.75) is 6.92 Å². The zero-order valence-electron chi connectivity index (χ0n) is 8.74. The number of carbonyl (C=O) groups excluding carboxylic acids is 2. The van der Waals surface area contributed by atoms with Crippen LogP contribution in [0.25, 0.3) is 0 Å². The van der Waals surface area contributed by atoms with Crippen molar-refractivity contribution in [3.63, 3.8) is 0 Å². The lowest BCUT2D eigenvalue weighted by molar-refractivity contribution is -0.117. The van der Waals surface area contributed by atoms with Crippen molar-refractivity contribution in [3.05, 3.63) is 0 Å². The Bertz CT molecular complexity index is 312. The second kappa shape index (κ2) is 7.51. The number of nitrogens with one attached hydrogen (secondary N) is 3. The smallest absolute Gasteiger partial charge is 0.321 e. The molecule has 0 aliphatic rings. The van der Waals surface area contributed by atoms with Gasteiger partial charge in [0, 0.05) is 6.54 Å². The first kappa shape index (κ1) is 14.2. The Hall–Kier alpha value is -1.77. The third-order valence-corrected chi connectivity index (χ3v) is 1.93. The van der Waals surface area contributed by atoms with E-state index in [-0.39, 0.29) is 16.9 Å². The predicted molar refractivity (Wildman–Crippen MR) is 63.2 cm³/mol. The molecule has 0 heterocycles. The Morgan fingerprint density at radius 1 is 1.44 bits per heavy atom. The van der Waals surface area contributed by atoms with Crippen LogP contribution in [0.2, 0.25) is 0 Å². The van der Waals surface area contributed by atoms with E-state index < -0.39 is 11.9 Å². The van der Waals surface area contributed by atoms with Crippen molar-refractivity contribution >= 4 is 34.8 Å². The Morgan fingerprint density at radius 3 is 2.56 bits per heavy atom. The van der Waals surface area contributed by atoms with Crippen LogP contribution in [0.4, 0.5) is 4.79 Å². The number of urea groups is 1. The number of amidine groups is 1. The molecule has 0 saturated carbocycles. The van der Waals surface area contributed by atoms with E-state index in [0.29, 0.717) is 6.54 Å². The Morgan fingerprint density at radius 2 is 2.06 bits per heavy atom. The molecule has 0 spiro atoms. The minimum atomic E-state index is -0.568. The molecule has 0 aromatic rings. The minimum Gasteiger partial charge on any atom is -0.370 e. The van der Waals surface area contributed by atoms with Gasteiger partial charge in [0.2, 0.25) is 5.91 Å². The molecular formula is C7H14N6O2S. The van der Waals surface area contributed by atoms with E-state index in [9.17, 15) is 9.59 Å². The molecule has 8 nitrogen and oxygen atoms in total. The second-order valence-corrected chi connectivity index (χ2v) is 3.50. The molecule has 0 fully saturated rings. The van der Waals surface area contributed by atoms with Crippen LogP contribution in [0.3, 0.4) is 0 Å². The fourth-order valence-electron chi connectivity index (χ4n) is 0.651. The molecule has 9 heteroatoms. The summed E-state index contributed by atoms with van der Waals surface area (Å²) < 4.78 is 0. The van der Waals surface area contributed by atoms with Crippen LogP contribution in [0.15, 0.2) is 4.99 Å². The summed E-state index contributed by atoms with van der Waals surface area (Å²) in [6.07, 6.45) is 0. The van der Waals surface area contributed by atoms with E-state index in [0.717, 1.165) is 11.8 Å². The van der Waals surface area contributed by atoms with Crippen LogP contribution in [-0.4, -0.2) is 35.4 Å². The SMILES string of the molecule is CCNC(=O)NC(=O)CSC(=N)N=C(N)N. The van der Waals surface area contributed by atoms with E-state index in [1.165, 1.54) is 0 Å². The number of hydrogen-bond acceptors (Lipinski definition) is 4. The Kier molecular flexibility index (Phi) is 6.68. The zero-order chi connectivity index (χ0) is 12.6. The number of amides is 3. The van der Waals surface area contributed by atoms with Gasteiger partial charge in [-0.3, -0.25) is 15.5 Å². The maximum absolute atomic E-state index is 11.1. The van der Waals surface area contributed by atoms with Crippen LogP contribution in [0.5, 0.6) is 0 Å². The van der Waals surface area contributed by atoms with Crippen LogP contribution in [0, 0.1) is 5.41 Å². The van der Waals surface area contributed by atoms with Crippen LogP contribution < -0.4 is 22.1 Å². The highest BCUT2D eigenvalue weighted by Crippen LogP contribution is 2.02. The minimum absolute atomic E-state index is 0.104. The number of guanidine groups is 1. The number of rotatable bonds is 3. The third kappa shape index (κ3) is 7.62. The quantitative estimate of drug-likeness (QED) is 0.312. The van der Waals surface area contributed by atoms with Crippen molar-refractivity contribution in [3.8, 4) is 0 Å². The summed E-state index contributed by atoms with van der Waals surface area (Å²) in [6, 6.07) is -0.568. The molecule has 90 valence electrons. The molecule has 0 aliphatic carbocycles. The topological polar surface area (TPSA) is 146 Å². The van der Waals surface area contributed by atoms with Crippen LogP contribution in [0.1, 0.15) is 6.92 Å². The molecule has 16 heavy (non-hydrogen) atoms. The fourth-order valence-corrected chi connectivity index (χ4v) is 1.16. The van der Waals surface area contributed by atoms with Crippen molar-refractivity contribution in [2.24, 2.45) is 16.5 Å². The summed E-state index contributed by atoms with van der Waals surface area (Å²) in [5.41, 5.74) is 10.1. The first-order valence-electron chi connectivity index (χ1n) is 4.34. The monoisotopic (exact) mass is 246 g/mol. The number of nitrogens with two attached hydrogens (primary N) is 2. The lowest BCUT2D eigenvalue weighted by Crippen LogP contribution is -2.40. The summed E-state index contributed by atoms with van der Waals surface area (Å²) in [5, 5.41) is 11.5. The first-order chi connectivity index (χ1) is 7.45. The Balaban J connectivity index is 3.86. The van der Waals surface area contributed by atoms with Gasteiger partial charge in [0.25, 0.3) is 0 Å². The molecule has 0 radical (unpaired) electrons. The van der Waals surface area contributed by atoms with Crippen molar-refractivity contribution in [2.75, 3.05) is 12.3 Å². The largest absolute Gasteiger partial charge is 0.370 e. The number of imide groups is 1. The molecule has 3 amide bonds. The lowest BCUT2D eigenvalue weighted by Gasteiger charge is -2.03. The molecular weight excluding hydrogens is 232 g/mol. The van der Waals surface area contributed by atoms with Gasteiger partial charge in [-0.1, -0.05) is 11.8 Å². The van der Waals surface area contributed by atoms with Crippen LogP contribution >= 0.6 is 11.8 Å². The number of hydrogen-bond donors (Lipinski definition) is 5. The number of aliphatic imine (C=N–C) groups is 1. The molecule has 0 unspecified atom stereocenters. The standard InChI is InChI=1S/C7H14N6O2S/c1-2-11-7(15)12-4(14)3-16-6(10)13-5(8)9/h2-3H2,1H3,(H5,8,9,10,13)(H2,11,12,14,15). The van der Waals surface area contributed by atoms with E-state index in [1.807, 2.05) is 0 Å². The van der Waals surface area contributed by atoms with E-state index in [4.69, 9.17) is 16.9 Å². The molecule has 0 aliphatic heterocycles. The average molecular weight is 246 g/mol. The molecule has 0 bridgehead atoms. The van der Waals surface area contributed by atoms with Crippen molar-refractivity contribution in [1.29, 1.82) is 5.41 Å². The van der Waals surface area contributed by atoms with Crippen molar-refractivity contribution in [1.82, 2.24) is 10.6 Å². The van der Waals surface area contributed by atoms with Gasteiger partial charge in [0.05, 0.1) is 5.75 Å². The van der Waals surface area contributed by atoms with Gasteiger partial charge >= 0.3 is 6.03 Å².